The van der Waals surface area contributed by atoms with Crippen LogP contribution in [0.1, 0.15) is 38.4 Å². The average molecular weight is 296 g/mol. The van der Waals surface area contributed by atoms with Gasteiger partial charge in [0.15, 0.2) is 0 Å². The number of ether oxygens (including phenoxy) is 3. The van der Waals surface area contributed by atoms with Gasteiger partial charge in [-0.25, -0.2) is 0 Å². The van der Waals surface area contributed by atoms with Crippen LogP contribution in [0.2, 0.25) is 0 Å². The van der Waals surface area contributed by atoms with E-state index in [9.17, 15) is 0 Å². The number of rotatable bonds is 12. The second kappa shape index (κ2) is 11.5. The summed E-state index contributed by atoms with van der Waals surface area (Å²) in [6.07, 6.45) is 3.80. The van der Waals surface area contributed by atoms with E-state index in [4.69, 9.17) is 14.2 Å². The Hall–Kier alpha value is -1.17. The lowest BCUT2D eigenvalue weighted by atomic mass is 10.2. The number of aromatic nitrogens is 1. The highest BCUT2D eigenvalue weighted by Gasteiger charge is 2.05. The van der Waals surface area contributed by atoms with Crippen molar-refractivity contribution in [3.05, 3.63) is 24.0 Å². The molecule has 0 fully saturated rings. The van der Waals surface area contributed by atoms with Crippen molar-refractivity contribution in [2.24, 2.45) is 0 Å². The van der Waals surface area contributed by atoms with Gasteiger partial charge in [-0.3, -0.25) is 4.98 Å². The lowest BCUT2D eigenvalue weighted by molar-refractivity contribution is 0.0805. The SMILES string of the molecule is CCCNC(C)c1ccc(OCCOCCCOC)cn1. The molecule has 0 aliphatic heterocycles. The van der Waals surface area contributed by atoms with E-state index in [-0.39, 0.29) is 6.04 Å². The molecule has 1 rings (SSSR count). The van der Waals surface area contributed by atoms with Crippen molar-refractivity contribution < 1.29 is 14.2 Å². The zero-order chi connectivity index (χ0) is 15.3. The van der Waals surface area contributed by atoms with Crippen LogP contribution in [0.3, 0.4) is 0 Å². The third-order valence-corrected chi connectivity index (χ3v) is 3.04. The second-order valence-corrected chi connectivity index (χ2v) is 4.90. The van der Waals surface area contributed by atoms with Crippen molar-refractivity contribution >= 4 is 0 Å². The molecule has 0 aromatic carbocycles. The van der Waals surface area contributed by atoms with Gasteiger partial charge in [0.1, 0.15) is 12.4 Å². The quantitative estimate of drug-likeness (QED) is 0.601. The molecule has 0 saturated carbocycles. The van der Waals surface area contributed by atoms with Crippen molar-refractivity contribution in [3.8, 4) is 5.75 Å². The zero-order valence-electron chi connectivity index (χ0n) is 13.4. The van der Waals surface area contributed by atoms with Crippen molar-refractivity contribution in [2.75, 3.05) is 40.1 Å². The molecule has 120 valence electrons. The first-order chi connectivity index (χ1) is 10.3. The van der Waals surface area contributed by atoms with Gasteiger partial charge >= 0.3 is 0 Å². The molecule has 1 N–H and O–H groups in total. The minimum absolute atomic E-state index is 0.267. The van der Waals surface area contributed by atoms with E-state index >= 15 is 0 Å². The molecule has 1 heterocycles. The van der Waals surface area contributed by atoms with Crippen LogP contribution in [0.4, 0.5) is 0 Å². The normalized spacial score (nSPS) is 12.3. The smallest absolute Gasteiger partial charge is 0.137 e. The largest absolute Gasteiger partial charge is 0.490 e. The average Bonchev–Trinajstić information content (AvgIpc) is 2.52. The van der Waals surface area contributed by atoms with E-state index in [2.05, 4.69) is 24.1 Å². The van der Waals surface area contributed by atoms with Gasteiger partial charge < -0.3 is 19.5 Å². The summed E-state index contributed by atoms with van der Waals surface area (Å²) >= 11 is 0. The number of pyridine rings is 1. The molecule has 21 heavy (non-hydrogen) atoms. The van der Waals surface area contributed by atoms with Crippen molar-refractivity contribution in [3.63, 3.8) is 0 Å². The molecule has 0 aliphatic carbocycles. The van der Waals surface area contributed by atoms with E-state index in [0.717, 1.165) is 37.4 Å². The fourth-order valence-corrected chi connectivity index (χ4v) is 1.82. The van der Waals surface area contributed by atoms with Crippen molar-refractivity contribution in [2.45, 2.75) is 32.7 Å². The molecule has 1 atom stereocenters. The third-order valence-electron chi connectivity index (χ3n) is 3.04. The highest BCUT2D eigenvalue weighted by Crippen LogP contribution is 2.14. The predicted molar refractivity (Wildman–Crippen MR) is 83.8 cm³/mol. The summed E-state index contributed by atoms with van der Waals surface area (Å²) in [5.41, 5.74) is 1.03. The molecule has 1 unspecified atom stereocenters. The molecule has 0 bridgehead atoms. The van der Waals surface area contributed by atoms with E-state index < -0.39 is 0 Å². The number of nitrogens with one attached hydrogen (secondary N) is 1. The second-order valence-electron chi connectivity index (χ2n) is 4.90. The fourth-order valence-electron chi connectivity index (χ4n) is 1.82. The fraction of sp³-hybridized carbons (Fsp3) is 0.688. The van der Waals surface area contributed by atoms with Crippen LogP contribution in [-0.4, -0.2) is 45.1 Å². The maximum Gasteiger partial charge on any atom is 0.137 e. The standard InChI is InChI=1S/C16H28N2O3/c1-4-8-17-14(2)16-7-6-15(13-18-16)21-12-11-20-10-5-9-19-3/h6-7,13-14,17H,4-5,8-12H2,1-3H3. The van der Waals surface area contributed by atoms with Gasteiger partial charge in [0.05, 0.1) is 18.5 Å². The first-order valence-corrected chi connectivity index (χ1v) is 7.66. The minimum atomic E-state index is 0.267. The van der Waals surface area contributed by atoms with E-state index in [0.29, 0.717) is 19.8 Å². The maximum atomic E-state index is 5.59. The predicted octanol–water partition coefficient (Wildman–Crippen LogP) is 2.57. The summed E-state index contributed by atoms with van der Waals surface area (Å²) in [5.74, 6) is 0.780. The van der Waals surface area contributed by atoms with Gasteiger partial charge in [-0.15, -0.1) is 0 Å². The Labute approximate surface area is 128 Å². The molecular formula is C16H28N2O3. The number of hydrogen-bond donors (Lipinski definition) is 1. The van der Waals surface area contributed by atoms with Crippen LogP contribution in [0.5, 0.6) is 5.75 Å². The number of nitrogens with zero attached hydrogens (tertiary/aromatic N) is 1. The van der Waals surface area contributed by atoms with Crippen LogP contribution in [0.15, 0.2) is 18.3 Å². The lowest BCUT2D eigenvalue weighted by Crippen LogP contribution is -2.20. The van der Waals surface area contributed by atoms with Crippen LogP contribution in [-0.2, 0) is 9.47 Å². The zero-order valence-corrected chi connectivity index (χ0v) is 13.4. The Morgan fingerprint density at radius 1 is 1.19 bits per heavy atom. The Bertz CT molecular complexity index is 357. The summed E-state index contributed by atoms with van der Waals surface area (Å²) in [7, 11) is 1.69. The van der Waals surface area contributed by atoms with E-state index in [1.54, 1.807) is 13.3 Å². The van der Waals surface area contributed by atoms with Crippen LogP contribution in [0.25, 0.3) is 0 Å². The molecule has 0 aliphatic rings. The van der Waals surface area contributed by atoms with Crippen molar-refractivity contribution in [1.29, 1.82) is 0 Å². The highest BCUT2D eigenvalue weighted by molar-refractivity contribution is 5.21. The van der Waals surface area contributed by atoms with Gasteiger partial charge in [0, 0.05) is 26.4 Å². The first-order valence-electron chi connectivity index (χ1n) is 7.66. The van der Waals surface area contributed by atoms with E-state index in [1.165, 1.54) is 0 Å². The van der Waals surface area contributed by atoms with Gasteiger partial charge in [0.2, 0.25) is 0 Å². The topological polar surface area (TPSA) is 52.6 Å². The van der Waals surface area contributed by atoms with Crippen LogP contribution in [0, 0.1) is 0 Å². The molecule has 0 spiro atoms. The first kappa shape index (κ1) is 17.9. The molecule has 5 heteroatoms. The van der Waals surface area contributed by atoms with Gasteiger partial charge in [-0.1, -0.05) is 6.92 Å². The molecule has 1 aromatic rings. The minimum Gasteiger partial charge on any atom is -0.490 e. The summed E-state index contributed by atoms with van der Waals surface area (Å²) in [4.78, 5) is 4.43. The molecule has 0 radical (unpaired) electrons. The third kappa shape index (κ3) is 7.99. The lowest BCUT2D eigenvalue weighted by Gasteiger charge is -2.13. The summed E-state index contributed by atoms with van der Waals surface area (Å²) < 4.78 is 16.0. The number of methoxy groups -OCH3 is 1. The Kier molecular flexibility index (Phi) is 9.78. The Morgan fingerprint density at radius 3 is 2.71 bits per heavy atom. The summed E-state index contributed by atoms with van der Waals surface area (Å²) in [5, 5.41) is 3.41. The Balaban J connectivity index is 2.19. The Morgan fingerprint density at radius 2 is 2.05 bits per heavy atom. The van der Waals surface area contributed by atoms with Crippen molar-refractivity contribution in [1.82, 2.24) is 10.3 Å². The molecule has 0 amide bonds. The van der Waals surface area contributed by atoms with Gasteiger partial charge in [-0.05, 0) is 38.4 Å². The maximum absolute atomic E-state index is 5.59. The van der Waals surface area contributed by atoms with Gasteiger partial charge in [-0.2, -0.15) is 0 Å². The monoisotopic (exact) mass is 296 g/mol. The van der Waals surface area contributed by atoms with Crippen LogP contribution < -0.4 is 10.1 Å². The molecule has 1 aromatic heterocycles. The molecule has 5 nitrogen and oxygen atoms in total. The number of hydrogen-bond acceptors (Lipinski definition) is 5. The summed E-state index contributed by atoms with van der Waals surface area (Å²) in [6.45, 7) is 7.83. The molecular weight excluding hydrogens is 268 g/mol. The van der Waals surface area contributed by atoms with E-state index in [1.807, 2.05) is 12.1 Å². The van der Waals surface area contributed by atoms with Gasteiger partial charge in [0.25, 0.3) is 0 Å². The highest BCUT2D eigenvalue weighted by atomic mass is 16.5. The van der Waals surface area contributed by atoms with Crippen LogP contribution >= 0.6 is 0 Å². The summed E-state index contributed by atoms with van der Waals surface area (Å²) in [6, 6.07) is 4.22. The molecule has 0 saturated heterocycles.